The lowest BCUT2D eigenvalue weighted by molar-refractivity contribution is -0.144. The standard InChI is InChI=1S/C20H22N4O8/c1-31-19(29)15(9-25)23-17(27)11-3-5-13(21-7-11)14-6-4-12(8-22-14)18(28)24-16(10-26)20(30)32-2/h3-8,15-16,25-26H,9-10H2,1-2H3,(H,23,27)(H,24,28)/t15-,16-/m0/s1. The molecule has 2 atom stereocenters. The molecular weight excluding hydrogens is 424 g/mol. The Bertz CT molecular complexity index is 883. The first-order valence-electron chi connectivity index (χ1n) is 9.26. The van der Waals surface area contributed by atoms with Crippen molar-refractivity contribution >= 4 is 23.8 Å². The average molecular weight is 446 g/mol. The Morgan fingerprint density at radius 2 is 1.16 bits per heavy atom. The summed E-state index contributed by atoms with van der Waals surface area (Å²) in [5, 5.41) is 23.0. The highest BCUT2D eigenvalue weighted by molar-refractivity contribution is 5.97. The maximum atomic E-state index is 12.2. The third-order valence-corrected chi connectivity index (χ3v) is 4.26. The SMILES string of the molecule is COC(=O)[C@H](CO)NC(=O)c1ccc(-c2ccc(C(=O)N[C@@H](CO)C(=O)OC)cn2)nc1. The second-order valence-electron chi connectivity index (χ2n) is 6.33. The number of carbonyl (C=O) groups is 4. The van der Waals surface area contributed by atoms with E-state index in [2.05, 4.69) is 30.1 Å². The van der Waals surface area contributed by atoms with Crippen molar-refractivity contribution in [3.8, 4) is 11.4 Å². The van der Waals surface area contributed by atoms with Gasteiger partial charge in [-0.05, 0) is 24.3 Å². The van der Waals surface area contributed by atoms with Gasteiger partial charge >= 0.3 is 11.9 Å². The Hall–Kier alpha value is -3.90. The first-order chi connectivity index (χ1) is 15.3. The lowest BCUT2D eigenvalue weighted by atomic mass is 10.1. The molecule has 170 valence electrons. The molecule has 0 aliphatic heterocycles. The van der Waals surface area contributed by atoms with E-state index < -0.39 is 49.1 Å². The first kappa shape index (κ1) is 24.4. The van der Waals surface area contributed by atoms with Crippen molar-refractivity contribution in [2.75, 3.05) is 27.4 Å². The number of esters is 2. The van der Waals surface area contributed by atoms with Crippen LogP contribution in [0.25, 0.3) is 11.4 Å². The third kappa shape index (κ3) is 6.06. The molecule has 0 saturated carbocycles. The predicted octanol–water partition coefficient (Wildman–Crippen LogP) is -1.33. The number of aromatic nitrogens is 2. The third-order valence-electron chi connectivity index (χ3n) is 4.26. The van der Waals surface area contributed by atoms with Crippen LogP contribution in [0.5, 0.6) is 0 Å². The zero-order valence-corrected chi connectivity index (χ0v) is 17.3. The monoisotopic (exact) mass is 446 g/mol. The van der Waals surface area contributed by atoms with Gasteiger partial charge < -0.3 is 30.3 Å². The summed E-state index contributed by atoms with van der Waals surface area (Å²) in [7, 11) is 2.28. The van der Waals surface area contributed by atoms with E-state index in [4.69, 9.17) is 0 Å². The Morgan fingerprint density at radius 3 is 1.41 bits per heavy atom. The number of methoxy groups -OCH3 is 2. The number of pyridine rings is 2. The van der Waals surface area contributed by atoms with E-state index in [0.29, 0.717) is 11.4 Å². The number of ether oxygens (including phenoxy) is 2. The average Bonchev–Trinajstić information content (AvgIpc) is 2.84. The summed E-state index contributed by atoms with van der Waals surface area (Å²) < 4.78 is 8.97. The minimum atomic E-state index is -1.20. The van der Waals surface area contributed by atoms with Crippen molar-refractivity contribution in [3.63, 3.8) is 0 Å². The zero-order chi connectivity index (χ0) is 23.7. The fourth-order valence-corrected chi connectivity index (χ4v) is 2.49. The van der Waals surface area contributed by atoms with Gasteiger partial charge in [0.25, 0.3) is 11.8 Å². The highest BCUT2D eigenvalue weighted by atomic mass is 16.5. The van der Waals surface area contributed by atoms with E-state index >= 15 is 0 Å². The summed E-state index contributed by atoms with van der Waals surface area (Å²) in [6, 6.07) is 3.54. The topological polar surface area (TPSA) is 177 Å². The molecule has 2 aromatic rings. The highest BCUT2D eigenvalue weighted by Gasteiger charge is 2.22. The molecule has 0 aromatic carbocycles. The molecule has 0 radical (unpaired) electrons. The van der Waals surface area contributed by atoms with Crippen LogP contribution in [0.4, 0.5) is 0 Å². The van der Waals surface area contributed by atoms with Crippen molar-refractivity contribution in [2.24, 2.45) is 0 Å². The first-order valence-corrected chi connectivity index (χ1v) is 9.26. The molecule has 0 unspecified atom stereocenters. The van der Waals surface area contributed by atoms with Gasteiger partial charge in [-0.2, -0.15) is 0 Å². The van der Waals surface area contributed by atoms with Gasteiger partial charge in [-0.1, -0.05) is 0 Å². The molecule has 0 aliphatic carbocycles. The molecule has 2 rings (SSSR count). The quantitative estimate of drug-likeness (QED) is 0.338. The van der Waals surface area contributed by atoms with Gasteiger partial charge in [-0.25, -0.2) is 9.59 Å². The maximum Gasteiger partial charge on any atom is 0.330 e. The molecule has 2 aromatic heterocycles. The van der Waals surface area contributed by atoms with Crippen LogP contribution in [0.2, 0.25) is 0 Å². The van der Waals surface area contributed by atoms with Crippen LogP contribution in [0.3, 0.4) is 0 Å². The molecule has 0 saturated heterocycles. The number of aliphatic hydroxyl groups excluding tert-OH is 2. The minimum Gasteiger partial charge on any atom is -0.467 e. The van der Waals surface area contributed by atoms with E-state index in [1.165, 1.54) is 36.7 Å². The van der Waals surface area contributed by atoms with Crippen LogP contribution < -0.4 is 10.6 Å². The molecule has 0 spiro atoms. The molecular formula is C20H22N4O8. The van der Waals surface area contributed by atoms with Crippen molar-refractivity contribution < 1.29 is 38.9 Å². The number of nitrogens with zero attached hydrogens (tertiary/aromatic N) is 2. The lowest BCUT2D eigenvalue weighted by Crippen LogP contribution is -2.44. The summed E-state index contributed by atoms with van der Waals surface area (Å²) in [5.41, 5.74) is 1.10. The number of hydrogen-bond donors (Lipinski definition) is 4. The Labute approximate surface area is 182 Å². The lowest BCUT2D eigenvalue weighted by Gasteiger charge is -2.14. The minimum absolute atomic E-state index is 0.143. The Balaban J connectivity index is 2.07. The van der Waals surface area contributed by atoms with Gasteiger partial charge in [-0.15, -0.1) is 0 Å². The van der Waals surface area contributed by atoms with Crippen molar-refractivity contribution in [3.05, 3.63) is 47.8 Å². The van der Waals surface area contributed by atoms with Crippen LogP contribution in [0.1, 0.15) is 20.7 Å². The van der Waals surface area contributed by atoms with Gasteiger partial charge in [0, 0.05) is 12.4 Å². The number of nitrogens with one attached hydrogen (secondary N) is 2. The number of carbonyl (C=O) groups excluding carboxylic acids is 4. The van der Waals surface area contributed by atoms with Gasteiger partial charge in [-0.3, -0.25) is 19.6 Å². The van der Waals surface area contributed by atoms with E-state index in [1.54, 1.807) is 0 Å². The van der Waals surface area contributed by atoms with Crippen LogP contribution in [-0.4, -0.2) is 83.5 Å². The predicted molar refractivity (Wildman–Crippen MR) is 108 cm³/mol. The van der Waals surface area contributed by atoms with E-state index in [1.807, 2.05) is 0 Å². The van der Waals surface area contributed by atoms with Gasteiger partial charge in [0.2, 0.25) is 0 Å². The Morgan fingerprint density at radius 1 is 0.781 bits per heavy atom. The molecule has 12 heteroatoms. The van der Waals surface area contributed by atoms with Crippen molar-refractivity contribution in [2.45, 2.75) is 12.1 Å². The molecule has 2 amide bonds. The fraction of sp³-hybridized carbons (Fsp3) is 0.300. The molecule has 2 heterocycles. The van der Waals surface area contributed by atoms with E-state index in [0.717, 1.165) is 14.2 Å². The van der Waals surface area contributed by atoms with Gasteiger partial charge in [0.1, 0.15) is 0 Å². The Kier molecular flexibility index (Phi) is 8.74. The largest absolute Gasteiger partial charge is 0.467 e. The van der Waals surface area contributed by atoms with Crippen LogP contribution >= 0.6 is 0 Å². The summed E-state index contributed by atoms with van der Waals surface area (Å²) in [6.45, 7) is -1.24. The summed E-state index contributed by atoms with van der Waals surface area (Å²) in [4.78, 5) is 55.6. The number of rotatable bonds is 9. The second kappa shape index (κ2) is 11.5. The van der Waals surface area contributed by atoms with Gasteiger partial charge in [0.05, 0.1) is 49.9 Å². The smallest absolute Gasteiger partial charge is 0.330 e. The second-order valence-corrected chi connectivity index (χ2v) is 6.33. The molecule has 0 fully saturated rings. The summed E-state index contributed by atoms with van der Waals surface area (Å²) >= 11 is 0. The van der Waals surface area contributed by atoms with Crippen LogP contribution in [-0.2, 0) is 19.1 Å². The van der Waals surface area contributed by atoms with Crippen LogP contribution in [0, 0.1) is 0 Å². The van der Waals surface area contributed by atoms with Gasteiger partial charge in [0.15, 0.2) is 12.1 Å². The van der Waals surface area contributed by atoms with E-state index in [-0.39, 0.29) is 11.1 Å². The fourth-order valence-electron chi connectivity index (χ4n) is 2.49. The van der Waals surface area contributed by atoms with Crippen LogP contribution in [0.15, 0.2) is 36.7 Å². The maximum absolute atomic E-state index is 12.2. The summed E-state index contributed by atoms with van der Waals surface area (Å²) in [5.74, 6) is -2.82. The number of aliphatic hydroxyl groups is 2. The van der Waals surface area contributed by atoms with Crippen molar-refractivity contribution in [1.29, 1.82) is 0 Å². The molecule has 0 aliphatic rings. The van der Waals surface area contributed by atoms with Crippen molar-refractivity contribution in [1.82, 2.24) is 20.6 Å². The number of hydrogen-bond acceptors (Lipinski definition) is 10. The molecule has 4 N–H and O–H groups in total. The van der Waals surface area contributed by atoms with E-state index in [9.17, 15) is 29.4 Å². The highest BCUT2D eigenvalue weighted by Crippen LogP contribution is 2.15. The molecule has 12 nitrogen and oxygen atoms in total. The zero-order valence-electron chi connectivity index (χ0n) is 17.3. The molecule has 32 heavy (non-hydrogen) atoms. The number of amides is 2. The summed E-state index contributed by atoms with van der Waals surface area (Å²) in [6.07, 6.45) is 2.53. The normalized spacial score (nSPS) is 12.2. The molecule has 0 bridgehead atoms.